The molecule has 20 heavy (non-hydrogen) atoms. The van der Waals surface area contributed by atoms with Crippen LogP contribution in [0.15, 0.2) is 41.1 Å². The van der Waals surface area contributed by atoms with Crippen molar-refractivity contribution in [1.29, 1.82) is 0 Å². The van der Waals surface area contributed by atoms with Crippen LogP contribution in [0.2, 0.25) is 0 Å². The van der Waals surface area contributed by atoms with Crippen molar-refractivity contribution in [2.75, 3.05) is 12.3 Å². The van der Waals surface area contributed by atoms with Gasteiger partial charge in [-0.25, -0.2) is 4.39 Å². The Hall–Kier alpha value is -1.46. The quantitative estimate of drug-likeness (QED) is 0.878. The summed E-state index contributed by atoms with van der Waals surface area (Å²) in [5, 5.41) is 3.39. The summed E-state index contributed by atoms with van der Waals surface area (Å²) in [6.45, 7) is 2.86. The van der Waals surface area contributed by atoms with Gasteiger partial charge in [-0.3, -0.25) is 4.98 Å². The third kappa shape index (κ3) is 3.55. The van der Waals surface area contributed by atoms with Gasteiger partial charge in [0.1, 0.15) is 5.82 Å². The van der Waals surface area contributed by atoms with Crippen molar-refractivity contribution in [3.63, 3.8) is 0 Å². The number of nitrogens with zero attached hydrogens (tertiary/aromatic N) is 1. The fourth-order valence-corrected chi connectivity index (χ4v) is 2.51. The van der Waals surface area contributed by atoms with E-state index in [1.165, 1.54) is 6.07 Å². The second-order valence-electron chi connectivity index (χ2n) is 4.56. The van der Waals surface area contributed by atoms with E-state index in [-0.39, 0.29) is 11.9 Å². The average molecular weight is 338 g/mol. The molecule has 0 fully saturated rings. The Morgan fingerprint density at radius 2 is 2.20 bits per heavy atom. The largest absolute Gasteiger partial charge is 0.398 e. The maximum Gasteiger partial charge on any atom is 0.137 e. The van der Waals surface area contributed by atoms with E-state index >= 15 is 0 Å². The van der Waals surface area contributed by atoms with Crippen LogP contribution in [-0.2, 0) is 6.42 Å². The third-order valence-electron chi connectivity index (χ3n) is 3.16. The van der Waals surface area contributed by atoms with Crippen molar-refractivity contribution in [2.24, 2.45) is 0 Å². The lowest BCUT2D eigenvalue weighted by atomic mass is 9.99. The number of rotatable bonds is 5. The Morgan fingerprint density at radius 3 is 2.85 bits per heavy atom. The molecule has 0 radical (unpaired) electrons. The molecule has 1 aromatic carbocycles. The number of benzene rings is 1. The van der Waals surface area contributed by atoms with Gasteiger partial charge in [0.2, 0.25) is 0 Å². The smallest absolute Gasteiger partial charge is 0.137 e. The number of pyridine rings is 1. The lowest BCUT2D eigenvalue weighted by Crippen LogP contribution is -2.23. The van der Waals surface area contributed by atoms with E-state index in [1.54, 1.807) is 30.6 Å². The van der Waals surface area contributed by atoms with Crippen molar-refractivity contribution in [3.8, 4) is 0 Å². The molecule has 0 aliphatic carbocycles. The molecule has 0 spiro atoms. The number of anilines is 1. The minimum Gasteiger partial charge on any atom is -0.398 e. The van der Waals surface area contributed by atoms with Gasteiger partial charge in [0.15, 0.2) is 0 Å². The maximum absolute atomic E-state index is 13.3. The summed E-state index contributed by atoms with van der Waals surface area (Å²) in [5.41, 5.74) is 8.69. The summed E-state index contributed by atoms with van der Waals surface area (Å²) in [7, 11) is 0. The van der Waals surface area contributed by atoms with E-state index in [4.69, 9.17) is 5.73 Å². The van der Waals surface area contributed by atoms with Crippen LogP contribution in [0.4, 0.5) is 10.1 Å². The Morgan fingerprint density at radius 1 is 1.40 bits per heavy atom. The maximum atomic E-state index is 13.3. The highest BCUT2D eigenvalue weighted by atomic mass is 79.9. The summed E-state index contributed by atoms with van der Waals surface area (Å²) < 4.78 is 13.8. The van der Waals surface area contributed by atoms with E-state index < -0.39 is 0 Å². The molecule has 3 nitrogen and oxygen atoms in total. The molecule has 2 rings (SSSR count). The molecule has 0 aliphatic rings. The number of hydrogen-bond donors (Lipinski definition) is 2. The molecule has 1 atom stereocenters. The fourth-order valence-electron chi connectivity index (χ4n) is 2.11. The number of nitrogen functional groups attached to an aromatic ring is 1. The molecule has 0 saturated heterocycles. The molecule has 2 aromatic rings. The van der Waals surface area contributed by atoms with Crippen molar-refractivity contribution < 1.29 is 4.39 Å². The van der Waals surface area contributed by atoms with Crippen LogP contribution in [0.25, 0.3) is 0 Å². The molecule has 0 saturated carbocycles. The van der Waals surface area contributed by atoms with Crippen LogP contribution in [0, 0.1) is 5.82 Å². The van der Waals surface area contributed by atoms with Gasteiger partial charge in [0.05, 0.1) is 4.47 Å². The normalized spacial score (nSPS) is 12.3. The first kappa shape index (κ1) is 14.9. The molecular weight excluding hydrogens is 321 g/mol. The van der Waals surface area contributed by atoms with Crippen LogP contribution in [0.3, 0.4) is 0 Å². The molecule has 1 heterocycles. The third-order valence-corrected chi connectivity index (χ3v) is 3.77. The summed E-state index contributed by atoms with van der Waals surface area (Å²) in [6.07, 6.45) is 4.17. The molecule has 1 aromatic heterocycles. The molecule has 3 N–H and O–H groups in total. The van der Waals surface area contributed by atoms with Crippen molar-refractivity contribution in [2.45, 2.75) is 19.4 Å². The van der Waals surface area contributed by atoms with Gasteiger partial charge in [-0.1, -0.05) is 13.0 Å². The molecule has 5 heteroatoms. The first-order valence-electron chi connectivity index (χ1n) is 6.48. The molecule has 1 unspecified atom stereocenters. The van der Waals surface area contributed by atoms with Gasteiger partial charge < -0.3 is 11.1 Å². The lowest BCUT2D eigenvalue weighted by Gasteiger charge is -2.19. The highest BCUT2D eigenvalue weighted by Gasteiger charge is 2.14. The SMILES string of the molecule is CCNC(Cc1cnccc1N)c1ccc(F)c(Br)c1. The van der Waals surface area contributed by atoms with Gasteiger partial charge in [0, 0.05) is 24.1 Å². The average Bonchev–Trinajstić information content (AvgIpc) is 2.44. The molecule has 0 bridgehead atoms. The second-order valence-corrected chi connectivity index (χ2v) is 5.42. The van der Waals surface area contributed by atoms with Gasteiger partial charge >= 0.3 is 0 Å². The molecular formula is C15H17BrFN3. The zero-order valence-electron chi connectivity index (χ0n) is 11.2. The van der Waals surface area contributed by atoms with Gasteiger partial charge in [0.25, 0.3) is 0 Å². The van der Waals surface area contributed by atoms with Gasteiger partial charge in [-0.05, 0) is 58.2 Å². The zero-order valence-corrected chi connectivity index (χ0v) is 12.8. The summed E-state index contributed by atoms with van der Waals surface area (Å²) in [6, 6.07) is 6.92. The molecule has 0 amide bonds. The van der Waals surface area contributed by atoms with Crippen molar-refractivity contribution >= 4 is 21.6 Å². The number of likely N-dealkylation sites (N-methyl/N-ethyl adjacent to an activating group) is 1. The Labute approximate surface area is 126 Å². The number of hydrogen-bond acceptors (Lipinski definition) is 3. The lowest BCUT2D eigenvalue weighted by molar-refractivity contribution is 0.546. The van der Waals surface area contributed by atoms with Crippen LogP contribution < -0.4 is 11.1 Å². The number of halogens is 2. The van der Waals surface area contributed by atoms with Crippen LogP contribution >= 0.6 is 15.9 Å². The van der Waals surface area contributed by atoms with E-state index in [9.17, 15) is 4.39 Å². The van der Waals surface area contributed by atoms with Crippen molar-refractivity contribution in [3.05, 3.63) is 58.1 Å². The predicted molar refractivity (Wildman–Crippen MR) is 82.9 cm³/mol. The summed E-state index contributed by atoms with van der Waals surface area (Å²) in [5.74, 6) is -0.259. The van der Waals surface area contributed by atoms with Crippen LogP contribution in [0.1, 0.15) is 24.1 Å². The number of nitrogens with one attached hydrogen (secondary N) is 1. The highest BCUT2D eigenvalue weighted by molar-refractivity contribution is 9.10. The first-order valence-corrected chi connectivity index (χ1v) is 7.27. The number of nitrogens with two attached hydrogens (primary N) is 1. The van der Waals surface area contributed by atoms with E-state index in [0.29, 0.717) is 10.9 Å². The standard InChI is InChI=1S/C15H17BrFN3/c1-2-20-15(8-11-9-19-6-5-14(11)18)10-3-4-13(17)12(16)7-10/h3-7,9,15,20H,2,8H2,1H3,(H2,18,19). The van der Waals surface area contributed by atoms with Crippen LogP contribution in [-0.4, -0.2) is 11.5 Å². The summed E-state index contributed by atoms with van der Waals surface area (Å²) >= 11 is 3.23. The van der Waals surface area contributed by atoms with Crippen LogP contribution in [0.5, 0.6) is 0 Å². The zero-order chi connectivity index (χ0) is 14.5. The molecule has 0 aliphatic heterocycles. The van der Waals surface area contributed by atoms with E-state index in [2.05, 4.69) is 26.2 Å². The summed E-state index contributed by atoms with van der Waals surface area (Å²) in [4.78, 5) is 4.11. The second kappa shape index (κ2) is 6.81. The van der Waals surface area contributed by atoms with Crippen molar-refractivity contribution in [1.82, 2.24) is 10.3 Å². The highest BCUT2D eigenvalue weighted by Crippen LogP contribution is 2.25. The number of aromatic nitrogens is 1. The Balaban J connectivity index is 2.27. The fraction of sp³-hybridized carbons (Fsp3) is 0.267. The van der Waals surface area contributed by atoms with E-state index in [1.807, 2.05) is 6.92 Å². The minimum absolute atomic E-state index is 0.0726. The predicted octanol–water partition coefficient (Wildman–Crippen LogP) is 3.46. The Bertz CT molecular complexity index is 589. The topological polar surface area (TPSA) is 50.9 Å². The van der Waals surface area contributed by atoms with Gasteiger partial charge in [-0.15, -0.1) is 0 Å². The Kier molecular flexibility index (Phi) is 5.09. The first-order chi connectivity index (χ1) is 9.61. The van der Waals surface area contributed by atoms with Gasteiger partial charge in [-0.2, -0.15) is 0 Å². The molecule has 106 valence electrons. The van der Waals surface area contributed by atoms with E-state index in [0.717, 1.165) is 23.4 Å². The minimum atomic E-state index is -0.259. The monoisotopic (exact) mass is 337 g/mol.